The number of hydrogen-bond donors (Lipinski definition) is 0. The van der Waals surface area contributed by atoms with Crippen molar-refractivity contribution in [2.45, 2.75) is 12.3 Å². The maximum atomic E-state index is 2.57. The van der Waals surface area contributed by atoms with Crippen LogP contribution in [0.2, 0.25) is 0 Å². The van der Waals surface area contributed by atoms with E-state index in [1.54, 1.807) is 11.1 Å². The number of fused-ring (bicyclic) bond motifs is 5. The molecular weight excluding hydrogens is 448 g/mol. The quantitative estimate of drug-likeness (QED) is 0.554. The van der Waals surface area contributed by atoms with Gasteiger partial charge in [0.25, 0.3) is 0 Å². The van der Waals surface area contributed by atoms with E-state index in [1.807, 2.05) is 0 Å². The van der Waals surface area contributed by atoms with E-state index in [9.17, 15) is 0 Å². The molecule has 0 N–H and O–H groups in total. The van der Waals surface area contributed by atoms with E-state index in [4.69, 9.17) is 0 Å². The van der Waals surface area contributed by atoms with E-state index in [0.717, 1.165) is 6.42 Å². The monoisotopic (exact) mass is 460 g/mol. The zero-order valence-corrected chi connectivity index (χ0v) is 14.0. The van der Waals surface area contributed by atoms with Gasteiger partial charge in [-0.05, 0) is 0 Å². The Morgan fingerprint density at radius 3 is 2.89 bits per heavy atom. The third-order valence-corrected chi connectivity index (χ3v) is 7.83. The number of hydrogen-bond acceptors (Lipinski definition) is 0. The van der Waals surface area contributed by atoms with Gasteiger partial charge < -0.3 is 0 Å². The van der Waals surface area contributed by atoms with Crippen LogP contribution >= 0.6 is 18.6 Å². The molecule has 1 heterocycles. The van der Waals surface area contributed by atoms with Crippen molar-refractivity contribution in [2.75, 3.05) is 0 Å². The van der Waals surface area contributed by atoms with E-state index in [2.05, 4.69) is 70.0 Å². The third-order valence-electron chi connectivity index (χ3n) is 3.98. The second kappa shape index (κ2) is 4.37. The van der Waals surface area contributed by atoms with Gasteiger partial charge in [0.2, 0.25) is 0 Å². The Kier molecular flexibility index (Phi) is 2.80. The molecule has 3 aliphatic carbocycles. The topological polar surface area (TPSA) is 4.93 Å². The number of halogens is 2. The van der Waals surface area contributed by atoms with Crippen molar-refractivity contribution in [1.82, 2.24) is 2.78 Å². The average molecular weight is 460 g/mol. The van der Waals surface area contributed by atoms with Crippen molar-refractivity contribution in [3.05, 3.63) is 59.0 Å². The van der Waals surface area contributed by atoms with Gasteiger partial charge in [-0.15, -0.1) is 0 Å². The molecule has 1 nitrogen and oxygen atoms in total. The van der Waals surface area contributed by atoms with E-state index in [-0.39, 0.29) is 17.5 Å². The van der Waals surface area contributed by atoms with Gasteiger partial charge in [-0.2, -0.15) is 0 Å². The van der Waals surface area contributed by atoms with E-state index < -0.39 is 0 Å². The summed E-state index contributed by atoms with van der Waals surface area (Å²) in [4.78, 5) is 0. The van der Waals surface area contributed by atoms with Crippen molar-refractivity contribution >= 4 is 30.8 Å². The Bertz CT molecular complexity index is 631. The van der Waals surface area contributed by atoms with Crippen LogP contribution in [0.25, 0.3) is 12.2 Å². The van der Waals surface area contributed by atoms with Gasteiger partial charge in [0.05, 0.1) is 0 Å². The number of nitrogens with zero attached hydrogens (tertiary/aromatic N) is 1. The van der Waals surface area contributed by atoms with Crippen LogP contribution in [0.15, 0.2) is 36.5 Å². The van der Waals surface area contributed by atoms with Gasteiger partial charge in [-0.25, -0.2) is 0 Å². The molecule has 2 unspecified atom stereocenters. The van der Waals surface area contributed by atoms with Crippen molar-refractivity contribution in [1.29, 1.82) is 0 Å². The van der Waals surface area contributed by atoms with E-state index >= 15 is 0 Å². The van der Waals surface area contributed by atoms with Crippen LogP contribution in [0.5, 0.6) is 0 Å². The second-order valence-electron chi connectivity index (χ2n) is 4.85. The minimum absolute atomic E-state index is 0.0414. The number of rotatable bonds is 1. The third kappa shape index (κ3) is 1.49. The zero-order valence-electron chi connectivity index (χ0n) is 9.68. The summed E-state index contributed by atoms with van der Waals surface area (Å²) in [6.45, 7) is 0. The molecule has 1 aromatic rings. The Morgan fingerprint density at radius 2 is 2.00 bits per heavy atom. The van der Waals surface area contributed by atoms with Crippen molar-refractivity contribution in [2.24, 2.45) is 5.92 Å². The molecule has 0 aliphatic heterocycles. The summed E-state index contributed by atoms with van der Waals surface area (Å²) in [7, 11) is 0. The fourth-order valence-corrected chi connectivity index (χ4v) is 7.11. The molecule has 0 radical (unpaired) electrons. The molecule has 0 saturated carbocycles. The summed E-state index contributed by atoms with van der Waals surface area (Å²) in [5.41, 5.74) is 6.14. The molecule has 0 fully saturated rings. The van der Waals surface area contributed by atoms with Gasteiger partial charge >= 0.3 is 128 Å². The van der Waals surface area contributed by atoms with Crippen LogP contribution in [0.1, 0.15) is 28.4 Å². The van der Waals surface area contributed by atoms with Gasteiger partial charge in [0.1, 0.15) is 0 Å². The number of aromatic nitrogens is 1. The normalized spacial score (nSPS) is 26.5. The fraction of sp³-hybridized carbons (Fsp3) is 0.200. The molecule has 3 aliphatic rings. The van der Waals surface area contributed by atoms with Crippen LogP contribution in [0, 0.1) is 5.92 Å². The molecule has 0 amide bonds. The molecule has 1 aromatic heterocycles. The van der Waals surface area contributed by atoms with Gasteiger partial charge in [0, 0.05) is 0 Å². The van der Waals surface area contributed by atoms with Crippen LogP contribution in [-0.4, -0.2) is 2.78 Å². The molecule has 4 rings (SSSR count). The second-order valence-corrected chi connectivity index (χ2v) is 8.62. The Labute approximate surface area is 127 Å². The molecule has 2 atom stereocenters. The Balaban J connectivity index is 1.98. The summed E-state index contributed by atoms with van der Waals surface area (Å²) in [6, 6.07) is 0. The minimum atomic E-state index is 0.0414. The summed E-state index contributed by atoms with van der Waals surface area (Å²) in [5, 5.41) is 0. The van der Waals surface area contributed by atoms with E-state index in [1.165, 1.54) is 11.4 Å². The Hall–Kier alpha value is -0.300. The molecule has 3 heteroatoms. The molecule has 0 bridgehead atoms. The predicted molar refractivity (Wildman–Crippen MR) is 80.1 cm³/mol. The molecule has 18 heavy (non-hydrogen) atoms. The summed E-state index contributed by atoms with van der Waals surface area (Å²) in [5.74, 6) is 1.13. The average Bonchev–Trinajstić information content (AvgIpc) is 2.97. The first-order valence-corrected chi connectivity index (χ1v) is 13.4. The van der Waals surface area contributed by atoms with Crippen molar-refractivity contribution < 1.29 is 17.5 Å². The standard InChI is InChI=1S/C15H12I2N/c16-17-18-13-7-3-6-12(13)15-11-5-2-1-4-10(11)8-9-14(15)18/h1-5,7-11H,6H2/q-1. The fourth-order valence-electron chi connectivity index (χ4n) is 3.21. The van der Waals surface area contributed by atoms with Gasteiger partial charge in [-0.1, -0.05) is 0 Å². The van der Waals surface area contributed by atoms with Gasteiger partial charge in [0.15, 0.2) is 0 Å². The molecule has 0 aromatic carbocycles. The summed E-state index contributed by atoms with van der Waals surface area (Å²) >= 11 is 2.61. The first-order valence-electron chi connectivity index (χ1n) is 6.14. The summed E-state index contributed by atoms with van der Waals surface area (Å²) in [6.07, 6.45) is 19.6. The first-order chi connectivity index (χ1) is 8.90. The zero-order chi connectivity index (χ0) is 12.1. The SMILES string of the molecule is I[I-]n1c2c(c3c1C=CC1C=CC=CC31)CC=C2. The van der Waals surface area contributed by atoms with Crippen LogP contribution < -0.4 is 17.5 Å². The number of allylic oxidation sites excluding steroid dienone is 6. The molecule has 0 saturated heterocycles. The molecule has 92 valence electrons. The maximum absolute atomic E-state index is 2.57. The first kappa shape index (κ1) is 11.5. The van der Waals surface area contributed by atoms with Crippen LogP contribution in [0.4, 0.5) is 0 Å². The predicted octanol–water partition coefficient (Wildman–Crippen LogP) is 1.11. The molecular formula is C15H12I2N-. The van der Waals surface area contributed by atoms with E-state index in [0.29, 0.717) is 11.8 Å². The summed E-state index contributed by atoms with van der Waals surface area (Å²) < 4.78 is 2.56. The van der Waals surface area contributed by atoms with Crippen molar-refractivity contribution in [3.8, 4) is 0 Å². The van der Waals surface area contributed by atoms with Crippen LogP contribution in [-0.2, 0) is 6.42 Å². The van der Waals surface area contributed by atoms with Gasteiger partial charge in [-0.3, -0.25) is 0 Å². The van der Waals surface area contributed by atoms with Crippen molar-refractivity contribution in [3.63, 3.8) is 0 Å². The Morgan fingerprint density at radius 1 is 1.11 bits per heavy atom. The molecule has 0 spiro atoms. The van der Waals surface area contributed by atoms with Crippen LogP contribution in [0.3, 0.4) is 0 Å².